The number of hydrogen-bond donors (Lipinski definition) is 4. The van der Waals surface area contributed by atoms with Gasteiger partial charge in [0.05, 0.1) is 12.7 Å². The van der Waals surface area contributed by atoms with Gasteiger partial charge in [-0.25, -0.2) is 4.79 Å². The second-order valence-corrected chi connectivity index (χ2v) is 7.73. The first kappa shape index (κ1) is 25.7. The fraction of sp³-hybridized carbons (Fsp3) is 0.286. The largest absolute Gasteiger partial charge is 0.573 e. The summed E-state index contributed by atoms with van der Waals surface area (Å²) in [5.41, 5.74) is -0.0751. The smallest absolute Gasteiger partial charge is 0.490 e. The Bertz CT molecular complexity index is 1150. The van der Waals surface area contributed by atoms with Gasteiger partial charge in [-0.1, -0.05) is 0 Å². The molecule has 1 aliphatic heterocycles. The highest BCUT2D eigenvalue weighted by Crippen LogP contribution is 2.24. The van der Waals surface area contributed by atoms with E-state index in [1.807, 2.05) is 6.07 Å². The Kier molecular flexibility index (Phi) is 7.42. The number of carbonyl (C=O) groups excluding carboxylic acids is 1. The first-order valence-electron chi connectivity index (χ1n) is 10.0. The van der Waals surface area contributed by atoms with Crippen LogP contribution in [-0.4, -0.2) is 47.8 Å². The standard InChI is InChI=1S/C21H19BF3N3O7/c1-20(10-26,28-18(29)12-2-4-14(5-3-12)35-21(23,24)25)11-33-15-6-13(8-27-19(30)31)16-9-34-22(32)17(16)7-15/h2-7,27,32H,8-9,11H2,1H3,(H,28,29)(H,30,31). The Morgan fingerprint density at radius 1 is 1.23 bits per heavy atom. The lowest BCUT2D eigenvalue weighted by Gasteiger charge is -2.24. The minimum Gasteiger partial charge on any atom is -0.490 e. The van der Waals surface area contributed by atoms with Gasteiger partial charge in [0.25, 0.3) is 5.91 Å². The number of nitriles is 1. The number of benzene rings is 2. The summed E-state index contributed by atoms with van der Waals surface area (Å²) < 4.78 is 51.5. The van der Waals surface area contributed by atoms with Crippen molar-refractivity contribution < 1.29 is 47.0 Å². The number of nitrogens with zero attached hydrogens (tertiary/aromatic N) is 1. The van der Waals surface area contributed by atoms with Gasteiger partial charge in [-0.05, 0) is 59.9 Å². The third-order valence-corrected chi connectivity index (χ3v) is 4.95. The van der Waals surface area contributed by atoms with Crippen LogP contribution in [0.25, 0.3) is 0 Å². The lowest BCUT2D eigenvalue weighted by molar-refractivity contribution is -0.274. The van der Waals surface area contributed by atoms with Crippen LogP contribution in [0.3, 0.4) is 0 Å². The van der Waals surface area contributed by atoms with Gasteiger partial charge in [-0.15, -0.1) is 13.2 Å². The molecule has 14 heteroatoms. The number of amides is 2. The molecule has 1 atom stereocenters. The number of rotatable bonds is 8. The number of fused-ring (bicyclic) bond motifs is 1. The minimum absolute atomic E-state index is 0.0131. The second-order valence-electron chi connectivity index (χ2n) is 7.73. The highest BCUT2D eigenvalue weighted by Gasteiger charge is 2.33. The third kappa shape index (κ3) is 6.78. The molecule has 0 aromatic heterocycles. The SMILES string of the molecule is CC(C#N)(COc1cc(CNC(=O)O)c2c(c1)B(O)OC2)NC(=O)c1ccc(OC(F)(F)F)cc1. The summed E-state index contributed by atoms with van der Waals surface area (Å²) in [6, 6.07) is 9.07. The zero-order chi connectivity index (χ0) is 25.8. The molecule has 2 aromatic rings. The molecule has 1 unspecified atom stereocenters. The molecule has 0 aliphatic carbocycles. The monoisotopic (exact) mass is 493 g/mol. The number of carboxylic acid groups (broad SMARTS) is 1. The Labute approximate surface area is 197 Å². The van der Waals surface area contributed by atoms with Gasteiger partial charge in [-0.3, -0.25) is 4.79 Å². The Balaban J connectivity index is 1.70. The van der Waals surface area contributed by atoms with E-state index in [1.165, 1.54) is 19.1 Å². The molecule has 1 aliphatic rings. The summed E-state index contributed by atoms with van der Waals surface area (Å²) in [6.07, 6.45) is -6.12. The van der Waals surface area contributed by atoms with Gasteiger partial charge < -0.3 is 34.9 Å². The van der Waals surface area contributed by atoms with E-state index in [0.29, 0.717) is 16.6 Å². The number of carbonyl (C=O) groups is 2. The molecule has 35 heavy (non-hydrogen) atoms. The molecule has 0 radical (unpaired) electrons. The van der Waals surface area contributed by atoms with E-state index in [4.69, 9.17) is 14.5 Å². The average Bonchev–Trinajstić information content (AvgIpc) is 3.16. The van der Waals surface area contributed by atoms with Crippen molar-refractivity contribution in [3.05, 3.63) is 53.1 Å². The van der Waals surface area contributed by atoms with E-state index in [1.54, 1.807) is 0 Å². The van der Waals surface area contributed by atoms with Crippen molar-refractivity contribution in [2.24, 2.45) is 0 Å². The zero-order valence-corrected chi connectivity index (χ0v) is 18.2. The number of nitrogens with one attached hydrogen (secondary N) is 2. The Hall–Kier alpha value is -3.96. The molecule has 1 heterocycles. The van der Waals surface area contributed by atoms with Gasteiger partial charge in [0.15, 0.2) is 5.54 Å². The van der Waals surface area contributed by atoms with E-state index >= 15 is 0 Å². The molecular formula is C21H19BF3N3O7. The van der Waals surface area contributed by atoms with Crippen LogP contribution >= 0.6 is 0 Å². The fourth-order valence-corrected chi connectivity index (χ4v) is 3.24. The second kappa shape index (κ2) is 10.1. The van der Waals surface area contributed by atoms with E-state index in [-0.39, 0.29) is 31.1 Å². The topological polar surface area (TPSA) is 150 Å². The van der Waals surface area contributed by atoms with Crippen LogP contribution in [0.2, 0.25) is 0 Å². The third-order valence-electron chi connectivity index (χ3n) is 4.95. The number of halogens is 3. The minimum atomic E-state index is -4.87. The molecule has 0 fully saturated rings. The molecule has 0 saturated heterocycles. The molecule has 3 rings (SSSR count). The Morgan fingerprint density at radius 2 is 1.91 bits per heavy atom. The van der Waals surface area contributed by atoms with Gasteiger partial charge in [0, 0.05) is 12.1 Å². The molecule has 10 nitrogen and oxygen atoms in total. The van der Waals surface area contributed by atoms with Gasteiger partial charge >= 0.3 is 19.6 Å². The number of hydrogen-bond acceptors (Lipinski definition) is 7. The lowest BCUT2D eigenvalue weighted by Crippen LogP contribution is -2.49. The van der Waals surface area contributed by atoms with Crippen molar-refractivity contribution in [2.75, 3.05) is 6.61 Å². The quantitative estimate of drug-likeness (QED) is 0.406. The van der Waals surface area contributed by atoms with Crippen molar-refractivity contribution in [1.29, 1.82) is 5.26 Å². The van der Waals surface area contributed by atoms with Crippen LogP contribution < -0.4 is 25.6 Å². The molecule has 0 bridgehead atoms. The van der Waals surface area contributed by atoms with E-state index in [9.17, 15) is 33.0 Å². The van der Waals surface area contributed by atoms with Crippen molar-refractivity contribution >= 4 is 24.6 Å². The van der Waals surface area contributed by atoms with E-state index in [0.717, 1.165) is 24.3 Å². The lowest BCUT2D eigenvalue weighted by atomic mass is 9.78. The average molecular weight is 493 g/mol. The molecule has 184 valence electrons. The molecule has 2 aromatic carbocycles. The van der Waals surface area contributed by atoms with E-state index < -0.39 is 36.8 Å². The van der Waals surface area contributed by atoms with Crippen molar-refractivity contribution in [3.63, 3.8) is 0 Å². The summed E-state index contributed by atoms with van der Waals surface area (Å²) in [4.78, 5) is 23.4. The van der Waals surface area contributed by atoms with Crippen LogP contribution in [-0.2, 0) is 17.8 Å². The number of ether oxygens (including phenoxy) is 2. The normalized spacial score (nSPS) is 14.3. The van der Waals surface area contributed by atoms with Crippen LogP contribution in [0.4, 0.5) is 18.0 Å². The first-order valence-corrected chi connectivity index (χ1v) is 10.0. The predicted octanol–water partition coefficient (Wildman–Crippen LogP) is 1.66. The van der Waals surface area contributed by atoms with Crippen LogP contribution in [0.15, 0.2) is 36.4 Å². The maximum atomic E-state index is 12.5. The van der Waals surface area contributed by atoms with E-state index in [2.05, 4.69) is 15.4 Å². The maximum absolute atomic E-state index is 12.5. The maximum Gasteiger partial charge on any atom is 0.573 e. The molecule has 0 saturated carbocycles. The van der Waals surface area contributed by atoms with Gasteiger partial charge in [-0.2, -0.15) is 5.26 Å². The highest BCUT2D eigenvalue weighted by atomic mass is 19.4. The molecule has 0 spiro atoms. The van der Waals surface area contributed by atoms with Crippen molar-refractivity contribution in [2.45, 2.75) is 32.0 Å². The molecule has 4 N–H and O–H groups in total. The Morgan fingerprint density at radius 3 is 2.51 bits per heavy atom. The summed E-state index contributed by atoms with van der Waals surface area (Å²) in [5, 5.41) is 33.2. The summed E-state index contributed by atoms with van der Waals surface area (Å²) in [6.45, 7) is 1.04. The van der Waals surface area contributed by atoms with Crippen molar-refractivity contribution in [3.8, 4) is 17.6 Å². The first-order chi connectivity index (χ1) is 16.4. The van der Waals surface area contributed by atoms with Gasteiger partial charge in [0.2, 0.25) is 0 Å². The van der Waals surface area contributed by atoms with Gasteiger partial charge in [0.1, 0.15) is 18.1 Å². The fourth-order valence-electron chi connectivity index (χ4n) is 3.24. The zero-order valence-electron chi connectivity index (χ0n) is 18.2. The number of alkyl halides is 3. The molecular weight excluding hydrogens is 474 g/mol. The van der Waals surface area contributed by atoms with Crippen LogP contribution in [0.5, 0.6) is 11.5 Å². The summed E-state index contributed by atoms with van der Waals surface area (Å²) in [5.74, 6) is -1.04. The van der Waals surface area contributed by atoms with Crippen LogP contribution in [0, 0.1) is 11.3 Å². The van der Waals surface area contributed by atoms with Crippen LogP contribution in [0.1, 0.15) is 28.4 Å². The summed E-state index contributed by atoms with van der Waals surface area (Å²) in [7, 11) is -1.23. The highest BCUT2D eigenvalue weighted by molar-refractivity contribution is 6.61. The summed E-state index contributed by atoms with van der Waals surface area (Å²) >= 11 is 0. The molecule has 2 amide bonds. The van der Waals surface area contributed by atoms with Crippen molar-refractivity contribution in [1.82, 2.24) is 10.6 Å². The predicted molar refractivity (Wildman–Crippen MR) is 114 cm³/mol.